The van der Waals surface area contributed by atoms with Gasteiger partial charge in [-0.3, -0.25) is 0 Å². The van der Waals surface area contributed by atoms with E-state index < -0.39 is 28.4 Å². The summed E-state index contributed by atoms with van der Waals surface area (Å²) in [7, 11) is 0. The van der Waals surface area contributed by atoms with Crippen molar-refractivity contribution in [3.05, 3.63) is 11.0 Å². The van der Waals surface area contributed by atoms with Gasteiger partial charge >= 0.3 is 6.18 Å². The van der Waals surface area contributed by atoms with E-state index in [4.69, 9.17) is 0 Å². The van der Waals surface area contributed by atoms with Gasteiger partial charge in [0, 0.05) is 28.6 Å². The average molecular weight is 281 g/mol. The number of carboxylic acids is 1. The Kier molecular flexibility index (Phi) is 4.41. The smallest absolute Gasteiger partial charge is 0.413 e. The second-order valence-electron chi connectivity index (χ2n) is 4.78. The number of halogens is 3. The molecule has 0 fully saturated rings. The van der Waals surface area contributed by atoms with E-state index in [1.165, 1.54) is 0 Å². The summed E-state index contributed by atoms with van der Waals surface area (Å²) in [5.74, 6) is -1.59. The largest absolute Gasteiger partial charge is 0.550 e. The maximum absolute atomic E-state index is 13.1. The summed E-state index contributed by atoms with van der Waals surface area (Å²) in [5, 5.41) is 11.2. The molecule has 0 N–H and O–H groups in total. The molecule has 0 amide bonds. The molecule has 2 unspecified atom stereocenters. The highest BCUT2D eigenvalue weighted by molar-refractivity contribution is 8.03. The van der Waals surface area contributed by atoms with Crippen LogP contribution >= 0.6 is 11.8 Å². The van der Waals surface area contributed by atoms with Gasteiger partial charge in [0.05, 0.1) is 0 Å². The van der Waals surface area contributed by atoms with Crippen LogP contribution in [0.2, 0.25) is 0 Å². The maximum Gasteiger partial charge on any atom is 0.413 e. The molecular weight excluding hydrogens is 265 g/mol. The molecule has 0 bridgehead atoms. The van der Waals surface area contributed by atoms with Crippen molar-refractivity contribution in [2.75, 3.05) is 0 Å². The number of rotatable bonds is 4. The number of hydrogen-bond donors (Lipinski definition) is 0. The molecule has 1 heterocycles. The topological polar surface area (TPSA) is 40.1 Å². The Morgan fingerprint density at radius 1 is 1.56 bits per heavy atom. The molecule has 2 nitrogen and oxygen atoms in total. The molecule has 1 aliphatic heterocycles. The van der Waals surface area contributed by atoms with E-state index in [0.717, 1.165) is 17.2 Å². The Morgan fingerprint density at radius 2 is 2.11 bits per heavy atom. The van der Waals surface area contributed by atoms with Crippen LogP contribution in [0.5, 0.6) is 0 Å². The number of carbonyl (C=O) groups is 1. The highest BCUT2D eigenvalue weighted by atomic mass is 32.2. The molecule has 0 aromatic rings. The van der Waals surface area contributed by atoms with Crippen molar-refractivity contribution in [1.82, 2.24) is 0 Å². The quantitative estimate of drug-likeness (QED) is 0.795. The maximum atomic E-state index is 13.1. The SMILES string of the molecule is CCC1(C(C)C)C(C(F)(F)F)=CSC1CC(=O)[O-]. The Hall–Kier alpha value is -0.650. The number of aliphatic carboxylic acids is 1. The van der Waals surface area contributed by atoms with Crippen LogP contribution in [0, 0.1) is 11.3 Å². The summed E-state index contributed by atoms with van der Waals surface area (Å²) in [6.07, 6.45) is -4.50. The first-order chi connectivity index (χ1) is 8.16. The minimum Gasteiger partial charge on any atom is -0.550 e. The lowest BCUT2D eigenvalue weighted by Gasteiger charge is -2.41. The van der Waals surface area contributed by atoms with E-state index in [9.17, 15) is 23.1 Å². The minimum absolute atomic E-state index is 0.265. The van der Waals surface area contributed by atoms with Crippen molar-refractivity contribution < 1.29 is 23.1 Å². The fourth-order valence-corrected chi connectivity index (χ4v) is 4.47. The fraction of sp³-hybridized carbons (Fsp3) is 0.750. The number of carboxylic acid groups (broad SMARTS) is 1. The van der Waals surface area contributed by atoms with Crippen LogP contribution in [0.25, 0.3) is 0 Å². The van der Waals surface area contributed by atoms with Gasteiger partial charge in [-0.1, -0.05) is 20.8 Å². The summed E-state index contributed by atoms with van der Waals surface area (Å²) >= 11 is 0.963. The van der Waals surface area contributed by atoms with Crippen LogP contribution in [0.4, 0.5) is 13.2 Å². The van der Waals surface area contributed by atoms with Crippen molar-refractivity contribution in [2.24, 2.45) is 11.3 Å². The summed E-state index contributed by atoms with van der Waals surface area (Å²) in [6.45, 7) is 5.09. The monoisotopic (exact) mass is 281 g/mol. The van der Waals surface area contributed by atoms with E-state index in [-0.39, 0.29) is 18.8 Å². The second-order valence-corrected chi connectivity index (χ2v) is 5.86. The zero-order valence-corrected chi connectivity index (χ0v) is 11.3. The van der Waals surface area contributed by atoms with Gasteiger partial charge in [-0.25, -0.2) is 0 Å². The molecule has 0 aromatic carbocycles. The summed E-state index contributed by atoms with van der Waals surface area (Å²) in [5.41, 5.74) is -1.73. The molecule has 0 spiro atoms. The van der Waals surface area contributed by atoms with Gasteiger partial charge in [0.1, 0.15) is 0 Å². The number of carbonyl (C=O) groups excluding carboxylic acids is 1. The molecule has 0 saturated carbocycles. The van der Waals surface area contributed by atoms with Crippen LogP contribution < -0.4 is 5.11 Å². The van der Waals surface area contributed by atoms with Crippen molar-refractivity contribution in [1.29, 1.82) is 0 Å². The lowest BCUT2D eigenvalue weighted by atomic mass is 9.66. The summed E-state index contributed by atoms with van der Waals surface area (Å²) < 4.78 is 39.2. The van der Waals surface area contributed by atoms with Crippen LogP contribution in [0.15, 0.2) is 11.0 Å². The summed E-state index contributed by atoms with van der Waals surface area (Å²) in [4.78, 5) is 10.7. The Morgan fingerprint density at radius 3 is 2.44 bits per heavy atom. The molecule has 104 valence electrons. The number of hydrogen-bond acceptors (Lipinski definition) is 3. The molecule has 0 aromatic heterocycles. The molecular formula is C12H16F3O2S-. The van der Waals surface area contributed by atoms with Crippen LogP contribution in [-0.2, 0) is 4.79 Å². The molecule has 0 aliphatic carbocycles. The normalized spacial score (nSPS) is 28.6. The van der Waals surface area contributed by atoms with E-state index in [1.807, 2.05) is 0 Å². The van der Waals surface area contributed by atoms with Crippen LogP contribution in [-0.4, -0.2) is 17.4 Å². The predicted molar refractivity (Wildman–Crippen MR) is 62.7 cm³/mol. The first kappa shape index (κ1) is 15.4. The van der Waals surface area contributed by atoms with Crippen molar-refractivity contribution in [3.8, 4) is 0 Å². The third kappa shape index (κ3) is 2.53. The van der Waals surface area contributed by atoms with Gasteiger partial charge in [-0.15, -0.1) is 11.8 Å². The van der Waals surface area contributed by atoms with Crippen molar-refractivity contribution >= 4 is 17.7 Å². The molecule has 1 rings (SSSR count). The third-order valence-corrected chi connectivity index (χ3v) is 4.99. The van der Waals surface area contributed by atoms with E-state index in [0.29, 0.717) is 0 Å². The van der Waals surface area contributed by atoms with Crippen LogP contribution in [0.3, 0.4) is 0 Å². The first-order valence-electron chi connectivity index (χ1n) is 5.79. The third-order valence-electron chi connectivity index (χ3n) is 3.70. The molecule has 1 aliphatic rings. The zero-order chi connectivity index (χ0) is 14.1. The highest BCUT2D eigenvalue weighted by Gasteiger charge is 2.55. The lowest BCUT2D eigenvalue weighted by Crippen LogP contribution is -2.43. The van der Waals surface area contributed by atoms with Gasteiger partial charge in [-0.05, 0) is 17.7 Å². The molecule has 18 heavy (non-hydrogen) atoms. The highest BCUT2D eigenvalue weighted by Crippen LogP contribution is 2.58. The predicted octanol–water partition coefficient (Wildman–Crippen LogP) is 2.74. The average Bonchev–Trinajstić information content (AvgIpc) is 2.55. The molecule has 2 atom stereocenters. The molecule has 0 saturated heterocycles. The van der Waals surface area contributed by atoms with Gasteiger partial charge in [0.2, 0.25) is 0 Å². The molecule has 0 radical (unpaired) electrons. The first-order valence-corrected chi connectivity index (χ1v) is 6.73. The Balaban J connectivity index is 3.20. The fourth-order valence-electron chi connectivity index (χ4n) is 2.78. The summed E-state index contributed by atoms with van der Waals surface area (Å²) in [6, 6.07) is 0. The van der Waals surface area contributed by atoms with Gasteiger partial charge in [-0.2, -0.15) is 13.2 Å². The lowest BCUT2D eigenvalue weighted by molar-refractivity contribution is -0.306. The number of alkyl halides is 3. The zero-order valence-electron chi connectivity index (χ0n) is 10.5. The van der Waals surface area contributed by atoms with Crippen molar-refractivity contribution in [2.45, 2.75) is 45.0 Å². The standard InChI is InChI=1S/C12H17F3O2S/c1-4-11(7(2)3)8(12(13,14)15)6-18-9(11)5-10(16)17/h6-7,9H,4-5H2,1-3H3,(H,16,17)/p-1. The number of allylic oxidation sites excluding steroid dienone is 1. The second kappa shape index (κ2) is 5.15. The Bertz CT molecular complexity index is 363. The van der Waals surface area contributed by atoms with E-state index in [2.05, 4.69) is 0 Å². The Labute approximate surface area is 109 Å². The van der Waals surface area contributed by atoms with Gasteiger partial charge < -0.3 is 9.90 Å². The van der Waals surface area contributed by atoms with Crippen molar-refractivity contribution in [3.63, 3.8) is 0 Å². The minimum atomic E-state index is -4.41. The molecule has 6 heteroatoms. The van der Waals surface area contributed by atoms with E-state index in [1.54, 1.807) is 20.8 Å². The van der Waals surface area contributed by atoms with Crippen LogP contribution in [0.1, 0.15) is 33.6 Å². The van der Waals surface area contributed by atoms with Gasteiger partial charge in [0.25, 0.3) is 0 Å². The number of thioether (sulfide) groups is 1. The van der Waals surface area contributed by atoms with E-state index >= 15 is 0 Å². The van der Waals surface area contributed by atoms with Gasteiger partial charge in [0.15, 0.2) is 0 Å².